The van der Waals surface area contributed by atoms with Gasteiger partial charge in [-0.1, -0.05) is 42.5 Å². The molecule has 1 saturated carbocycles. The van der Waals surface area contributed by atoms with Gasteiger partial charge in [0, 0.05) is 18.2 Å². The van der Waals surface area contributed by atoms with Crippen molar-refractivity contribution >= 4 is 11.6 Å². The zero-order valence-electron chi connectivity index (χ0n) is 22.5. The highest BCUT2D eigenvalue weighted by Gasteiger charge is 2.43. The maximum Gasteiger partial charge on any atom is 0.573 e. The van der Waals surface area contributed by atoms with Gasteiger partial charge in [-0.15, -0.1) is 13.2 Å². The van der Waals surface area contributed by atoms with Crippen LogP contribution in [0.25, 0.3) is 11.1 Å². The fourth-order valence-corrected chi connectivity index (χ4v) is 5.71. The third-order valence-corrected chi connectivity index (χ3v) is 7.89. The first-order valence-corrected chi connectivity index (χ1v) is 13.6. The number of hydrogen-bond acceptors (Lipinski definition) is 3. The van der Waals surface area contributed by atoms with Crippen LogP contribution >= 0.6 is 0 Å². The Bertz CT molecular complexity index is 1460. The molecule has 1 unspecified atom stereocenters. The molecule has 12 heteroatoms. The summed E-state index contributed by atoms with van der Waals surface area (Å²) < 4.78 is 110. The van der Waals surface area contributed by atoms with Gasteiger partial charge in [-0.2, -0.15) is 13.2 Å². The van der Waals surface area contributed by atoms with Crippen LogP contribution in [0, 0.1) is 23.5 Å². The zero-order chi connectivity index (χ0) is 30.9. The van der Waals surface area contributed by atoms with E-state index < -0.39 is 54.0 Å². The fourth-order valence-electron chi connectivity index (χ4n) is 5.71. The third kappa shape index (κ3) is 7.17. The van der Waals surface area contributed by atoms with Crippen molar-refractivity contribution in [2.45, 2.75) is 56.7 Å². The number of ether oxygens (including phenoxy) is 1. The summed E-state index contributed by atoms with van der Waals surface area (Å²) in [6.45, 7) is 0. The van der Waals surface area contributed by atoms with Crippen molar-refractivity contribution in [2.24, 2.45) is 16.8 Å². The van der Waals surface area contributed by atoms with E-state index in [1.165, 1.54) is 30.3 Å². The van der Waals surface area contributed by atoms with Crippen LogP contribution in [0.3, 0.4) is 0 Å². The van der Waals surface area contributed by atoms with Gasteiger partial charge >= 0.3 is 12.5 Å². The minimum Gasteiger partial charge on any atom is -0.406 e. The minimum atomic E-state index is -4.82. The molecule has 228 valence electrons. The normalized spacial score (nSPS) is 22.7. The van der Waals surface area contributed by atoms with E-state index in [-0.39, 0.29) is 49.1 Å². The number of rotatable bonds is 6. The highest BCUT2D eigenvalue weighted by atomic mass is 19.4. The average Bonchev–Trinajstić information content (AvgIpc) is 3.38. The minimum absolute atomic E-state index is 0.0610. The second kappa shape index (κ2) is 12.0. The van der Waals surface area contributed by atoms with Crippen molar-refractivity contribution < 1.29 is 44.7 Å². The molecule has 1 fully saturated rings. The van der Waals surface area contributed by atoms with E-state index in [1.807, 2.05) is 0 Å². The lowest BCUT2D eigenvalue weighted by molar-refractivity contribution is -0.274. The van der Waals surface area contributed by atoms with Crippen molar-refractivity contribution in [3.63, 3.8) is 0 Å². The monoisotopic (exact) mass is 610 g/mol. The van der Waals surface area contributed by atoms with Crippen LogP contribution in [0.4, 0.5) is 35.1 Å². The molecule has 1 N–H and O–H groups in total. The molecule has 1 heterocycles. The second-order valence-electron chi connectivity index (χ2n) is 10.7. The summed E-state index contributed by atoms with van der Waals surface area (Å²) in [4.78, 5) is 18.0. The van der Waals surface area contributed by atoms with Gasteiger partial charge in [0.05, 0.1) is 23.4 Å². The van der Waals surface area contributed by atoms with Crippen molar-refractivity contribution in [2.75, 3.05) is 0 Å². The maximum absolute atomic E-state index is 14.6. The Labute approximate surface area is 241 Å². The molecule has 0 radical (unpaired) electrons. The summed E-state index contributed by atoms with van der Waals surface area (Å²) in [5.74, 6) is -4.80. The number of carbonyl (C=O) groups is 1. The van der Waals surface area contributed by atoms with Crippen molar-refractivity contribution in [3.05, 3.63) is 89.5 Å². The van der Waals surface area contributed by atoms with E-state index in [9.17, 15) is 39.9 Å². The molecular weight excluding hydrogens is 584 g/mol. The van der Waals surface area contributed by atoms with Crippen LogP contribution in [0.5, 0.6) is 5.75 Å². The van der Waals surface area contributed by atoms with Crippen molar-refractivity contribution in [1.29, 1.82) is 0 Å². The predicted molar refractivity (Wildman–Crippen MR) is 142 cm³/mol. The van der Waals surface area contributed by atoms with Gasteiger partial charge < -0.3 is 10.1 Å². The van der Waals surface area contributed by atoms with Crippen LogP contribution < -0.4 is 10.1 Å². The molecule has 2 aliphatic rings. The lowest BCUT2D eigenvalue weighted by Gasteiger charge is -2.31. The molecule has 1 amide bonds. The number of halogens is 8. The molecule has 5 rings (SSSR count). The van der Waals surface area contributed by atoms with E-state index in [0.29, 0.717) is 16.7 Å². The zero-order valence-corrected chi connectivity index (χ0v) is 22.5. The third-order valence-electron chi connectivity index (χ3n) is 7.89. The van der Waals surface area contributed by atoms with E-state index >= 15 is 0 Å². The van der Waals surface area contributed by atoms with E-state index in [4.69, 9.17) is 0 Å². The molecule has 1 aliphatic carbocycles. The Morgan fingerprint density at radius 2 is 1.35 bits per heavy atom. The van der Waals surface area contributed by atoms with E-state index in [1.54, 1.807) is 24.3 Å². The number of nitrogens with one attached hydrogen (secondary N) is 1. The number of alkyl halides is 6. The first kappa shape index (κ1) is 30.5. The number of benzene rings is 3. The second-order valence-corrected chi connectivity index (χ2v) is 10.7. The first-order valence-electron chi connectivity index (χ1n) is 13.6. The molecule has 4 nitrogen and oxygen atoms in total. The van der Waals surface area contributed by atoms with Crippen molar-refractivity contribution in [1.82, 2.24) is 5.32 Å². The average molecular weight is 611 g/mol. The van der Waals surface area contributed by atoms with Gasteiger partial charge in [0.15, 0.2) is 0 Å². The summed E-state index contributed by atoms with van der Waals surface area (Å²) in [5, 5.41) is 2.83. The summed E-state index contributed by atoms with van der Waals surface area (Å²) >= 11 is 0. The van der Waals surface area contributed by atoms with E-state index in [0.717, 1.165) is 12.1 Å². The SMILES string of the molecule is O=C(NC1CCC(C(F)(F)F)CC1)[C@H]1CC(c2c(F)cccc2F)=NC1c1ccc(-c2ccc(OC(F)(F)F)cc2)cc1. The molecule has 0 spiro atoms. The number of hydrogen-bond donors (Lipinski definition) is 1. The van der Waals surface area contributed by atoms with Gasteiger partial charge in [0.1, 0.15) is 17.4 Å². The number of aliphatic imine (C=N–C) groups is 1. The summed E-state index contributed by atoms with van der Waals surface area (Å²) in [6, 6.07) is 14.0. The Kier molecular flexibility index (Phi) is 8.49. The van der Waals surface area contributed by atoms with Crippen LogP contribution in [0.1, 0.15) is 49.3 Å². The van der Waals surface area contributed by atoms with Crippen molar-refractivity contribution in [3.8, 4) is 16.9 Å². The molecule has 3 aromatic rings. The molecule has 0 bridgehead atoms. The lowest BCUT2D eigenvalue weighted by atomic mass is 9.84. The Balaban J connectivity index is 1.37. The highest BCUT2D eigenvalue weighted by molar-refractivity contribution is 6.05. The highest BCUT2D eigenvalue weighted by Crippen LogP contribution is 2.40. The summed E-state index contributed by atoms with van der Waals surface area (Å²) in [6.07, 6.45) is -9.08. The molecule has 3 aromatic carbocycles. The largest absolute Gasteiger partial charge is 0.573 e. The Morgan fingerprint density at radius 3 is 1.88 bits per heavy atom. The molecule has 2 atom stereocenters. The number of nitrogens with zero attached hydrogens (tertiary/aromatic N) is 1. The van der Waals surface area contributed by atoms with Crippen LogP contribution in [-0.2, 0) is 4.79 Å². The molecular formula is C31H26F8N2O2. The van der Waals surface area contributed by atoms with Gasteiger partial charge in [0.25, 0.3) is 0 Å². The molecule has 0 saturated heterocycles. The van der Waals surface area contributed by atoms with E-state index in [2.05, 4.69) is 15.0 Å². The smallest absolute Gasteiger partial charge is 0.406 e. The first-order chi connectivity index (χ1) is 20.3. The van der Waals surface area contributed by atoms with Gasteiger partial charge in [-0.05, 0) is 66.6 Å². The summed E-state index contributed by atoms with van der Waals surface area (Å²) in [7, 11) is 0. The topological polar surface area (TPSA) is 50.7 Å². The van der Waals surface area contributed by atoms with Crippen LogP contribution in [-0.4, -0.2) is 30.2 Å². The van der Waals surface area contributed by atoms with Gasteiger partial charge in [-0.3, -0.25) is 9.79 Å². The maximum atomic E-state index is 14.6. The quantitative estimate of drug-likeness (QED) is 0.286. The standard InChI is InChI=1S/C31H26F8N2O2/c32-24-2-1-3-25(33)27(24)26-16-23(29(42)40-21-12-10-20(11-13-21)30(34,35)36)28(41-26)19-6-4-17(5-7-19)18-8-14-22(15-9-18)43-31(37,38)39/h1-9,14-15,20-21,23,28H,10-13,16H2,(H,40,42)/t20?,21?,23-,28?/m0/s1. The Hall–Kier alpha value is -3.96. The number of carbonyl (C=O) groups excluding carboxylic acids is 1. The lowest BCUT2D eigenvalue weighted by Crippen LogP contribution is -2.43. The summed E-state index contributed by atoms with van der Waals surface area (Å²) in [5.41, 5.74) is 1.51. The van der Waals surface area contributed by atoms with Gasteiger partial charge in [0.2, 0.25) is 5.91 Å². The molecule has 43 heavy (non-hydrogen) atoms. The number of amides is 1. The van der Waals surface area contributed by atoms with Crippen LogP contribution in [0.15, 0.2) is 71.7 Å². The molecule has 1 aliphatic heterocycles. The predicted octanol–water partition coefficient (Wildman–Crippen LogP) is 8.32. The fraction of sp³-hybridized carbons (Fsp3) is 0.355. The van der Waals surface area contributed by atoms with Gasteiger partial charge in [-0.25, -0.2) is 8.78 Å². The Morgan fingerprint density at radius 1 is 0.791 bits per heavy atom. The molecule has 0 aromatic heterocycles. The van der Waals surface area contributed by atoms with Crippen LogP contribution in [0.2, 0.25) is 0 Å².